The molecule has 35 heavy (non-hydrogen) atoms. The number of carboxylic acid groups (broad SMARTS) is 1. The molecule has 1 fully saturated rings. The van der Waals surface area contributed by atoms with Crippen LogP contribution in [-0.2, 0) is 17.6 Å². The molecule has 3 aromatic rings. The fourth-order valence-electron chi connectivity index (χ4n) is 4.60. The van der Waals surface area contributed by atoms with E-state index >= 15 is 0 Å². The summed E-state index contributed by atoms with van der Waals surface area (Å²) in [5.41, 5.74) is 4.39. The third-order valence-corrected chi connectivity index (χ3v) is 6.75. The highest BCUT2D eigenvalue weighted by Crippen LogP contribution is 2.35. The number of hydrogen-bond acceptors (Lipinski definition) is 4. The molecule has 3 atom stereocenters. The summed E-state index contributed by atoms with van der Waals surface area (Å²) in [4.78, 5) is 11.2. The van der Waals surface area contributed by atoms with Gasteiger partial charge in [-0.1, -0.05) is 48.0 Å². The first kappa shape index (κ1) is 25.2. The Labute approximate surface area is 211 Å². The van der Waals surface area contributed by atoms with Gasteiger partial charge in [0.15, 0.2) is 0 Å². The average molecular weight is 495 g/mol. The smallest absolute Gasteiger partial charge is 0.335 e. The number of aliphatic hydroxyl groups excluding tert-OH is 1. The fraction of sp³-hybridized carbons (Fsp3) is 0.345. The molecule has 0 amide bonds. The Balaban J connectivity index is 1.43. The van der Waals surface area contributed by atoms with Gasteiger partial charge in [0, 0.05) is 11.4 Å². The van der Waals surface area contributed by atoms with Crippen molar-refractivity contribution < 1.29 is 24.5 Å². The molecule has 0 radical (unpaired) electrons. The number of rotatable bonds is 9. The topological polar surface area (TPSA) is 76.0 Å². The molecular weight excluding hydrogens is 464 g/mol. The van der Waals surface area contributed by atoms with Crippen molar-refractivity contribution >= 4 is 17.6 Å². The van der Waals surface area contributed by atoms with Gasteiger partial charge in [-0.3, -0.25) is 0 Å². The minimum absolute atomic E-state index is 0.109. The molecule has 3 unspecified atom stereocenters. The van der Waals surface area contributed by atoms with Crippen LogP contribution in [0.2, 0.25) is 5.02 Å². The van der Waals surface area contributed by atoms with Crippen LogP contribution in [0.4, 0.5) is 0 Å². The van der Waals surface area contributed by atoms with Gasteiger partial charge in [-0.15, -0.1) is 0 Å². The summed E-state index contributed by atoms with van der Waals surface area (Å²) >= 11 is 6.52. The van der Waals surface area contributed by atoms with Gasteiger partial charge < -0.3 is 19.7 Å². The van der Waals surface area contributed by atoms with Crippen LogP contribution in [0.1, 0.15) is 64.9 Å². The van der Waals surface area contributed by atoms with Gasteiger partial charge in [0.1, 0.15) is 5.75 Å². The van der Waals surface area contributed by atoms with Crippen molar-refractivity contribution in [3.8, 4) is 5.75 Å². The summed E-state index contributed by atoms with van der Waals surface area (Å²) < 4.78 is 11.9. The van der Waals surface area contributed by atoms with E-state index in [1.54, 1.807) is 18.2 Å². The van der Waals surface area contributed by atoms with E-state index in [-0.39, 0.29) is 17.8 Å². The molecule has 184 valence electrons. The zero-order valence-corrected chi connectivity index (χ0v) is 20.6. The molecule has 0 spiro atoms. The van der Waals surface area contributed by atoms with Crippen molar-refractivity contribution in [2.75, 3.05) is 6.61 Å². The van der Waals surface area contributed by atoms with Crippen LogP contribution in [0.5, 0.6) is 5.75 Å². The lowest BCUT2D eigenvalue weighted by Crippen LogP contribution is -2.31. The maximum atomic E-state index is 11.2. The van der Waals surface area contributed by atoms with Crippen molar-refractivity contribution in [3.63, 3.8) is 0 Å². The average Bonchev–Trinajstić information content (AvgIpc) is 2.85. The quantitative estimate of drug-likeness (QED) is 0.368. The minimum Gasteiger partial charge on any atom is -0.494 e. The molecule has 1 saturated heterocycles. The van der Waals surface area contributed by atoms with Crippen molar-refractivity contribution in [2.45, 2.75) is 57.3 Å². The van der Waals surface area contributed by atoms with Gasteiger partial charge in [-0.05, 0) is 85.2 Å². The van der Waals surface area contributed by atoms with E-state index < -0.39 is 12.1 Å². The van der Waals surface area contributed by atoms with Gasteiger partial charge in [0.05, 0.1) is 30.5 Å². The maximum Gasteiger partial charge on any atom is 0.335 e. The number of halogens is 1. The molecule has 1 heterocycles. The molecular formula is C29H31ClO5. The standard InChI is InChI=1S/C29H31ClO5/c1-2-34-25-10-6-20(7-11-25)15-23-16-21(9-13-27(23)30)28-18-24(31)17-26(35-28)12-8-19-4-3-5-22(14-19)29(32)33/h3-7,9-11,13-14,16,24,26,28,31H,2,8,12,15,17-18H2,1H3,(H,32,33). The predicted octanol–water partition coefficient (Wildman–Crippen LogP) is 6.24. The molecule has 6 heteroatoms. The second kappa shape index (κ2) is 11.7. The van der Waals surface area contributed by atoms with Crippen molar-refractivity contribution in [1.82, 2.24) is 0 Å². The minimum atomic E-state index is -0.931. The lowest BCUT2D eigenvalue weighted by atomic mass is 9.92. The SMILES string of the molecule is CCOc1ccc(Cc2cc(C3CC(O)CC(CCc4cccc(C(=O)O)c4)O3)ccc2Cl)cc1. The summed E-state index contributed by atoms with van der Waals surface area (Å²) in [6, 6.07) is 21.0. The zero-order chi connectivity index (χ0) is 24.8. The molecule has 1 aliphatic heterocycles. The lowest BCUT2D eigenvalue weighted by molar-refractivity contribution is -0.0998. The summed E-state index contributed by atoms with van der Waals surface area (Å²) in [7, 11) is 0. The molecule has 0 saturated carbocycles. The summed E-state index contributed by atoms with van der Waals surface area (Å²) in [5.74, 6) is -0.0820. The zero-order valence-electron chi connectivity index (χ0n) is 19.8. The van der Waals surface area contributed by atoms with Crippen molar-refractivity contribution in [3.05, 3.63) is 99.6 Å². The molecule has 1 aliphatic rings. The van der Waals surface area contributed by atoms with E-state index in [1.165, 1.54) is 0 Å². The first-order valence-corrected chi connectivity index (χ1v) is 12.4. The number of ether oxygens (including phenoxy) is 2. The van der Waals surface area contributed by atoms with Gasteiger partial charge in [0.25, 0.3) is 0 Å². The number of carbonyl (C=O) groups is 1. The van der Waals surface area contributed by atoms with Gasteiger partial charge >= 0.3 is 5.97 Å². The second-order valence-corrected chi connectivity index (χ2v) is 9.43. The Morgan fingerprint density at radius 1 is 1.06 bits per heavy atom. The summed E-state index contributed by atoms with van der Waals surface area (Å²) in [6.07, 6.45) is 2.43. The predicted molar refractivity (Wildman–Crippen MR) is 136 cm³/mol. The van der Waals surface area contributed by atoms with Gasteiger partial charge in [0.2, 0.25) is 0 Å². The second-order valence-electron chi connectivity index (χ2n) is 9.02. The van der Waals surface area contributed by atoms with E-state index in [2.05, 4.69) is 6.07 Å². The largest absolute Gasteiger partial charge is 0.494 e. The monoisotopic (exact) mass is 494 g/mol. The Kier molecular flexibility index (Phi) is 8.45. The number of aromatic carboxylic acids is 1. The first-order chi connectivity index (χ1) is 16.9. The number of hydrogen-bond donors (Lipinski definition) is 2. The highest BCUT2D eigenvalue weighted by Gasteiger charge is 2.29. The first-order valence-electron chi connectivity index (χ1n) is 12.1. The van der Waals surface area contributed by atoms with Crippen LogP contribution in [0.3, 0.4) is 0 Å². The van der Waals surface area contributed by atoms with Gasteiger partial charge in [-0.2, -0.15) is 0 Å². The lowest BCUT2D eigenvalue weighted by Gasteiger charge is -2.34. The van der Waals surface area contributed by atoms with Crippen LogP contribution in [-0.4, -0.2) is 35.0 Å². The number of benzene rings is 3. The van der Waals surface area contributed by atoms with Crippen molar-refractivity contribution in [1.29, 1.82) is 0 Å². The Morgan fingerprint density at radius 2 is 1.86 bits per heavy atom. The van der Waals surface area contributed by atoms with E-state index in [9.17, 15) is 15.0 Å². The Hall–Kier alpha value is -2.86. The van der Waals surface area contributed by atoms with E-state index in [0.717, 1.165) is 28.0 Å². The molecule has 4 rings (SSSR count). The molecule has 0 aliphatic carbocycles. The normalized spacial score (nSPS) is 19.9. The number of aryl methyl sites for hydroxylation is 1. The van der Waals surface area contributed by atoms with Crippen LogP contribution in [0, 0.1) is 0 Å². The van der Waals surface area contributed by atoms with E-state index in [4.69, 9.17) is 21.1 Å². The molecule has 3 aromatic carbocycles. The van der Waals surface area contributed by atoms with E-state index in [1.807, 2.05) is 49.4 Å². The third kappa shape index (κ3) is 6.85. The third-order valence-electron chi connectivity index (χ3n) is 6.38. The summed E-state index contributed by atoms with van der Waals surface area (Å²) in [6.45, 7) is 2.60. The summed E-state index contributed by atoms with van der Waals surface area (Å²) in [5, 5.41) is 20.5. The maximum absolute atomic E-state index is 11.2. The van der Waals surface area contributed by atoms with Crippen LogP contribution in [0.15, 0.2) is 66.7 Å². The van der Waals surface area contributed by atoms with E-state index in [0.29, 0.717) is 43.7 Å². The highest BCUT2D eigenvalue weighted by molar-refractivity contribution is 6.31. The molecule has 0 bridgehead atoms. The van der Waals surface area contributed by atoms with Crippen LogP contribution in [0.25, 0.3) is 0 Å². The molecule has 0 aromatic heterocycles. The fourth-order valence-corrected chi connectivity index (χ4v) is 4.78. The Morgan fingerprint density at radius 3 is 2.60 bits per heavy atom. The van der Waals surface area contributed by atoms with Crippen molar-refractivity contribution in [2.24, 2.45) is 0 Å². The van der Waals surface area contributed by atoms with Crippen LogP contribution >= 0.6 is 11.6 Å². The molecule has 5 nitrogen and oxygen atoms in total. The number of aliphatic hydroxyl groups is 1. The molecule has 2 N–H and O–H groups in total. The Bertz CT molecular complexity index is 1140. The van der Waals surface area contributed by atoms with Crippen LogP contribution < -0.4 is 4.74 Å². The highest BCUT2D eigenvalue weighted by atomic mass is 35.5. The number of carboxylic acids is 1. The van der Waals surface area contributed by atoms with Gasteiger partial charge in [-0.25, -0.2) is 4.79 Å².